The quantitative estimate of drug-likeness (QED) is 0.342. The Hall–Kier alpha value is -3.72. The Kier molecular flexibility index (Phi) is 7.27. The van der Waals surface area contributed by atoms with E-state index in [-0.39, 0.29) is 27.7 Å². The first kappa shape index (κ1) is 22.6. The normalized spacial score (nSPS) is 10.3. The van der Waals surface area contributed by atoms with Crippen LogP contribution >= 0.6 is 0 Å². The Labute approximate surface area is 174 Å². The van der Waals surface area contributed by atoms with Crippen LogP contribution in [0.25, 0.3) is 0 Å². The Morgan fingerprint density at radius 2 is 1.10 bits per heavy atom. The molecule has 0 saturated carbocycles. The number of phenols is 6. The molecule has 0 amide bonds. The number of carboxylic acids is 1. The zero-order chi connectivity index (χ0) is 22.4. The first-order valence-corrected chi connectivity index (χ1v) is 9.87. The van der Waals surface area contributed by atoms with Crippen LogP contribution in [0.4, 0.5) is 0 Å². The summed E-state index contributed by atoms with van der Waals surface area (Å²) in [6.07, 6.45) is 0.111. The SMILES string of the molecule is CCC(=O)[O-].Oc1cc(O)c([S+](c2ccccc2)c2c(O)cc(O)cc2O)c(O)c1. The third kappa shape index (κ3) is 5.21. The van der Waals surface area contributed by atoms with Gasteiger partial charge in [-0.1, -0.05) is 25.1 Å². The highest BCUT2D eigenvalue weighted by atomic mass is 32.2. The standard InChI is InChI=1S/C18H14O6S.C3H6O2/c19-10-6-13(21)17(14(22)7-10)25(12-4-2-1-3-5-12)18-15(23)8-11(20)9-16(18)24;1-2-3(4)5/h1-9H,(H5-,19,20,21,22,23,24);2H2,1H3,(H,4,5). The summed E-state index contributed by atoms with van der Waals surface area (Å²) in [5, 5.41) is 69.4. The van der Waals surface area contributed by atoms with Crippen LogP contribution in [0, 0.1) is 0 Å². The van der Waals surface area contributed by atoms with Crippen molar-refractivity contribution in [3.8, 4) is 34.5 Å². The summed E-state index contributed by atoms with van der Waals surface area (Å²) in [5.41, 5.74) is 0. The van der Waals surface area contributed by atoms with Crippen molar-refractivity contribution in [2.45, 2.75) is 28.0 Å². The summed E-state index contributed by atoms with van der Waals surface area (Å²) < 4.78 is 0. The van der Waals surface area contributed by atoms with Gasteiger partial charge in [0.1, 0.15) is 22.4 Å². The van der Waals surface area contributed by atoms with Crippen molar-refractivity contribution in [3.05, 3.63) is 54.6 Å². The van der Waals surface area contributed by atoms with Crippen molar-refractivity contribution >= 4 is 16.9 Å². The lowest BCUT2D eigenvalue weighted by Crippen LogP contribution is -2.19. The summed E-state index contributed by atoms with van der Waals surface area (Å²) in [5.74, 6) is -3.21. The van der Waals surface area contributed by atoms with E-state index in [4.69, 9.17) is 0 Å². The summed E-state index contributed by atoms with van der Waals surface area (Å²) >= 11 is 0. The van der Waals surface area contributed by atoms with Crippen molar-refractivity contribution in [1.29, 1.82) is 0 Å². The van der Waals surface area contributed by atoms with E-state index in [0.717, 1.165) is 24.3 Å². The van der Waals surface area contributed by atoms with Crippen molar-refractivity contribution < 1.29 is 40.5 Å². The third-order valence-corrected chi connectivity index (χ3v) is 6.14. The van der Waals surface area contributed by atoms with Gasteiger partial charge in [-0.25, -0.2) is 0 Å². The molecule has 0 aliphatic rings. The predicted molar refractivity (Wildman–Crippen MR) is 107 cm³/mol. The molecule has 0 aliphatic carbocycles. The average molecular weight is 432 g/mol. The second kappa shape index (κ2) is 9.66. The minimum atomic E-state index is -1.30. The molecule has 0 heterocycles. The second-order valence-corrected chi connectivity index (χ2v) is 7.87. The molecule has 0 unspecified atom stereocenters. The van der Waals surface area contributed by atoms with Gasteiger partial charge in [0.15, 0.2) is 27.9 Å². The van der Waals surface area contributed by atoms with E-state index in [1.807, 2.05) is 0 Å². The monoisotopic (exact) mass is 432 g/mol. The van der Waals surface area contributed by atoms with Crippen molar-refractivity contribution in [1.82, 2.24) is 0 Å². The van der Waals surface area contributed by atoms with Gasteiger partial charge in [0.05, 0.1) is 0 Å². The molecule has 3 rings (SSSR count). The molecule has 0 spiro atoms. The molecule has 3 aromatic rings. The molecule has 0 atom stereocenters. The smallest absolute Gasteiger partial charge is 0.250 e. The number of benzene rings is 3. The maximum Gasteiger partial charge on any atom is 0.250 e. The van der Waals surface area contributed by atoms with E-state index < -0.39 is 39.9 Å². The van der Waals surface area contributed by atoms with Crippen LogP contribution in [0.2, 0.25) is 0 Å². The van der Waals surface area contributed by atoms with Gasteiger partial charge in [-0.3, -0.25) is 0 Å². The number of rotatable bonds is 4. The average Bonchev–Trinajstić information content (AvgIpc) is 2.66. The molecule has 0 radical (unpaired) electrons. The highest BCUT2D eigenvalue weighted by Crippen LogP contribution is 2.49. The van der Waals surface area contributed by atoms with E-state index >= 15 is 0 Å². The molecule has 0 aromatic heterocycles. The van der Waals surface area contributed by atoms with E-state index in [9.17, 15) is 40.5 Å². The van der Waals surface area contributed by atoms with E-state index in [1.54, 1.807) is 30.3 Å². The number of aliphatic carboxylic acids is 1. The van der Waals surface area contributed by atoms with Gasteiger partial charge in [-0.15, -0.1) is 0 Å². The Bertz CT molecular complexity index is 933. The van der Waals surface area contributed by atoms with Crippen LogP contribution in [0.1, 0.15) is 13.3 Å². The lowest BCUT2D eigenvalue weighted by Gasteiger charge is -2.13. The topological polar surface area (TPSA) is 162 Å². The lowest BCUT2D eigenvalue weighted by atomic mass is 10.3. The molecule has 0 saturated heterocycles. The van der Waals surface area contributed by atoms with Gasteiger partial charge in [0, 0.05) is 30.2 Å². The first-order valence-electron chi connectivity index (χ1n) is 8.64. The Morgan fingerprint density at radius 3 is 1.40 bits per heavy atom. The van der Waals surface area contributed by atoms with E-state index in [2.05, 4.69) is 0 Å². The van der Waals surface area contributed by atoms with Gasteiger partial charge in [-0.05, 0) is 18.6 Å². The molecule has 9 heteroatoms. The van der Waals surface area contributed by atoms with Crippen molar-refractivity contribution in [2.75, 3.05) is 0 Å². The van der Waals surface area contributed by atoms with Crippen molar-refractivity contribution in [3.63, 3.8) is 0 Å². The predicted octanol–water partition coefficient (Wildman–Crippen LogP) is 2.16. The number of aromatic hydroxyl groups is 6. The highest BCUT2D eigenvalue weighted by Gasteiger charge is 2.40. The molecular weight excluding hydrogens is 412 g/mol. The number of phenolic OH excluding ortho intramolecular Hbond substituents is 6. The van der Waals surface area contributed by atoms with E-state index in [0.29, 0.717) is 4.90 Å². The molecule has 0 bridgehead atoms. The first-order chi connectivity index (χ1) is 14.1. The molecule has 158 valence electrons. The largest absolute Gasteiger partial charge is 0.550 e. The fourth-order valence-corrected chi connectivity index (χ4v) is 4.66. The fourth-order valence-electron chi connectivity index (χ4n) is 2.48. The van der Waals surface area contributed by atoms with Crippen LogP contribution in [0.3, 0.4) is 0 Å². The molecule has 8 nitrogen and oxygen atoms in total. The fraction of sp³-hybridized carbons (Fsp3) is 0.0952. The number of carboxylic acid groups (broad SMARTS) is 1. The zero-order valence-corrected chi connectivity index (χ0v) is 16.6. The van der Waals surface area contributed by atoms with Gasteiger partial charge in [-0.2, -0.15) is 0 Å². The van der Waals surface area contributed by atoms with Gasteiger partial charge in [0.25, 0.3) is 0 Å². The number of carbonyl (C=O) groups excluding carboxylic acids is 1. The van der Waals surface area contributed by atoms with Crippen LogP contribution in [-0.4, -0.2) is 36.6 Å². The van der Waals surface area contributed by atoms with Crippen LogP contribution in [-0.2, 0) is 15.7 Å². The number of carbonyl (C=O) groups is 1. The summed E-state index contributed by atoms with van der Waals surface area (Å²) in [7, 11) is -1.30. The second-order valence-electron chi connectivity index (χ2n) is 5.97. The molecule has 0 fully saturated rings. The molecule has 6 N–H and O–H groups in total. The Balaban J connectivity index is 0.000000575. The lowest BCUT2D eigenvalue weighted by molar-refractivity contribution is -0.305. The Morgan fingerprint density at radius 1 is 0.767 bits per heavy atom. The third-order valence-electron chi connectivity index (χ3n) is 3.74. The van der Waals surface area contributed by atoms with Crippen LogP contribution in [0.15, 0.2) is 69.3 Å². The maximum atomic E-state index is 10.3. The van der Waals surface area contributed by atoms with Crippen LogP contribution in [0.5, 0.6) is 34.5 Å². The van der Waals surface area contributed by atoms with Crippen LogP contribution < -0.4 is 5.11 Å². The summed E-state index contributed by atoms with van der Waals surface area (Å²) in [6.45, 7) is 1.54. The van der Waals surface area contributed by atoms with Crippen molar-refractivity contribution in [2.24, 2.45) is 0 Å². The van der Waals surface area contributed by atoms with Gasteiger partial charge >= 0.3 is 0 Å². The summed E-state index contributed by atoms with van der Waals surface area (Å²) in [6, 6.07) is 12.9. The molecular formula is C21H20O8S. The maximum absolute atomic E-state index is 10.3. The van der Waals surface area contributed by atoms with Gasteiger partial charge < -0.3 is 40.5 Å². The van der Waals surface area contributed by atoms with Gasteiger partial charge in [0.2, 0.25) is 9.79 Å². The minimum absolute atomic E-state index is 0.0280. The molecule has 30 heavy (non-hydrogen) atoms. The molecule has 0 aliphatic heterocycles. The number of hydrogen-bond donors (Lipinski definition) is 6. The van der Waals surface area contributed by atoms with E-state index in [1.165, 1.54) is 6.92 Å². The zero-order valence-electron chi connectivity index (χ0n) is 15.8. The summed E-state index contributed by atoms with van der Waals surface area (Å²) in [4.78, 5) is 9.91. The minimum Gasteiger partial charge on any atom is -0.550 e. The molecule has 3 aromatic carbocycles. The number of hydrogen-bond acceptors (Lipinski definition) is 8. The highest BCUT2D eigenvalue weighted by molar-refractivity contribution is 7.97.